The highest BCUT2D eigenvalue weighted by molar-refractivity contribution is 5.43. The van der Waals surface area contributed by atoms with Crippen LogP contribution in [0, 0.1) is 5.41 Å². The Morgan fingerprint density at radius 2 is 2.06 bits per heavy atom. The first-order chi connectivity index (χ1) is 7.61. The zero-order valence-corrected chi connectivity index (χ0v) is 9.82. The average molecular weight is 219 g/mol. The van der Waals surface area contributed by atoms with E-state index < -0.39 is 0 Å². The molecule has 0 saturated heterocycles. The Bertz CT molecular complexity index is 403. The molecule has 3 nitrogen and oxygen atoms in total. The first kappa shape index (κ1) is 11.2. The van der Waals surface area contributed by atoms with Crippen LogP contribution in [0.1, 0.15) is 51.2 Å². The third-order valence-electron chi connectivity index (χ3n) is 3.51. The van der Waals surface area contributed by atoms with Crippen molar-refractivity contribution in [2.45, 2.75) is 45.4 Å². The zero-order valence-electron chi connectivity index (χ0n) is 9.82. The van der Waals surface area contributed by atoms with Gasteiger partial charge in [-0.1, -0.05) is 13.8 Å². The standard InChI is InChI=1S/C13H17NO2/c1-13(2)7-5-10(6-8-13)11-3-4-12(16-11)14-9-15/h3-4,10H,5-8H2,1-2H3. The molecule has 86 valence electrons. The van der Waals surface area contributed by atoms with Gasteiger partial charge in [-0.2, -0.15) is 0 Å². The highest BCUT2D eigenvalue weighted by Gasteiger charge is 2.29. The van der Waals surface area contributed by atoms with Crippen LogP contribution in [0.3, 0.4) is 0 Å². The van der Waals surface area contributed by atoms with Crippen molar-refractivity contribution in [1.82, 2.24) is 0 Å². The van der Waals surface area contributed by atoms with Gasteiger partial charge in [0.1, 0.15) is 5.76 Å². The number of furan rings is 1. The predicted molar refractivity (Wildman–Crippen MR) is 61.5 cm³/mol. The molecule has 1 fully saturated rings. The third-order valence-corrected chi connectivity index (χ3v) is 3.51. The Labute approximate surface area is 95.6 Å². The SMILES string of the molecule is CC1(C)CCC(c2ccc(N=C=O)o2)CC1. The van der Waals surface area contributed by atoms with Gasteiger partial charge in [-0.15, -0.1) is 4.99 Å². The summed E-state index contributed by atoms with van der Waals surface area (Å²) in [6, 6.07) is 3.67. The van der Waals surface area contributed by atoms with E-state index in [1.807, 2.05) is 6.07 Å². The van der Waals surface area contributed by atoms with Crippen molar-refractivity contribution < 1.29 is 9.21 Å². The average Bonchev–Trinajstić information content (AvgIpc) is 2.67. The van der Waals surface area contributed by atoms with Gasteiger partial charge in [0.05, 0.1) is 0 Å². The molecular formula is C13H17NO2. The summed E-state index contributed by atoms with van der Waals surface area (Å²) in [7, 11) is 0. The molecule has 0 radical (unpaired) electrons. The molecule has 0 N–H and O–H groups in total. The van der Waals surface area contributed by atoms with Crippen molar-refractivity contribution in [3.8, 4) is 0 Å². The van der Waals surface area contributed by atoms with Gasteiger partial charge in [0.25, 0.3) is 0 Å². The van der Waals surface area contributed by atoms with E-state index in [1.165, 1.54) is 18.9 Å². The molecule has 1 heterocycles. The van der Waals surface area contributed by atoms with E-state index in [4.69, 9.17) is 4.42 Å². The van der Waals surface area contributed by atoms with Crippen LogP contribution < -0.4 is 0 Å². The Morgan fingerprint density at radius 1 is 1.38 bits per heavy atom. The lowest BCUT2D eigenvalue weighted by molar-refractivity contribution is 0.213. The van der Waals surface area contributed by atoms with Gasteiger partial charge in [-0.3, -0.25) is 0 Å². The summed E-state index contributed by atoms with van der Waals surface area (Å²) >= 11 is 0. The van der Waals surface area contributed by atoms with E-state index in [0.717, 1.165) is 18.6 Å². The van der Waals surface area contributed by atoms with Crippen molar-refractivity contribution in [2.24, 2.45) is 10.4 Å². The van der Waals surface area contributed by atoms with Gasteiger partial charge in [0, 0.05) is 12.0 Å². The number of rotatable bonds is 2. The number of nitrogens with zero attached hydrogens (tertiary/aromatic N) is 1. The van der Waals surface area contributed by atoms with E-state index in [9.17, 15) is 4.79 Å². The van der Waals surface area contributed by atoms with E-state index in [-0.39, 0.29) is 0 Å². The van der Waals surface area contributed by atoms with Gasteiger partial charge in [0.15, 0.2) is 0 Å². The quantitative estimate of drug-likeness (QED) is 0.558. The molecule has 0 bridgehead atoms. The first-order valence-electron chi connectivity index (χ1n) is 5.78. The maximum absolute atomic E-state index is 10.1. The maximum Gasteiger partial charge on any atom is 0.243 e. The molecule has 1 saturated carbocycles. The molecule has 0 atom stereocenters. The number of hydrogen-bond acceptors (Lipinski definition) is 3. The van der Waals surface area contributed by atoms with Crippen LogP contribution in [-0.4, -0.2) is 6.08 Å². The molecule has 1 aromatic rings. The lowest BCUT2D eigenvalue weighted by atomic mass is 9.72. The summed E-state index contributed by atoms with van der Waals surface area (Å²) in [4.78, 5) is 13.6. The maximum atomic E-state index is 10.1. The fourth-order valence-corrected chi connectivity index (χ4v) is 2.35. The van der Waals surface area contributed by atoms with Crippen molar-refractivity contribution in [3.63, 3.8) is 0 Å². The van der Waals surface area contributed by atoms with Gasteiger partial charge >= 0.3 is 0 Å². The molecule has 1 aliphatic rings. The van der Waals surface area contributed by atoms with E-state index >= 15 is 0 Å². The van der Waals surface area contributed by atoms with Gasteiger partial charge in [-0.25, -0.2) is 4.79 Å². The van der Waals surface area contributed by atoms with Gasteiger partial charge in [-0.05, 0) is 37.2 Å². The van der Waals surface area contributed by atoms with Gasteiger partial charge in [0.2, 0.25) is 12.0 Å². The molecule has 1 aliphatic carbocycles. The highest BCUT2D eigenvalue weighted by atomic mass is 16.4. The van der Waals surface area contributed by atoms with Crippen molar-refractivity contribution >= 4 is 12.0 Å². The summed E-state index contributed by atoms with van der Waals surface area (Å²) in [6.07, 6.45) is 6.26. The highest BCUT2D eigenvalue weighted by Crippen LogP contribution is 2.43. The summed E-state index contributed by atoms with van der Waals surface area (Å²) in [5.41, 5.74) is 0.465. The van der Waals surface area contributed by atoms with Crippen LogP contribution in [-0.2, 0) is 4.79 Å². The second-order valence-corrected chi connectivity index (χ2v) is 5.32. The second-order valence-electron chi connectivity index (χ2n) is 5.32. The largest absolute Gasteiger partial charge is 0.442 e. The van der Waals surface area contributed by atoms with Crippen molar-refractivity contribution in [2.75, 3.05) is 0 Å². The number of isocyanates is 1. The van der Waals surface area contributed by atoms with Crippen molar-refractivity contribution in [1.29, 1.82) is 0 Å². The summed E-state index contributed by atoms with van der Waals surface area (Å²) in [5, 5.41) is 0. The van der Waals surface area contributed by atoms with Crippen LogP contribution in [0.25, 0.3) is 0 Å². The van der Waals surface area contributed by atoms with E-state index in [0.29, 0.717) is 17.2 Å². The Hall–Kier alpha value is -1.34. The molecule has 0 amide bonds. The Morgan fingerprint density at radius 3 is 2.69 bits per heavy atom. The molecule has 2 rings (SSSR count). The monoisotopic (exact) mass is 219 g/mol. The first-order valence-corrected chi connectivity index (χ1v) is 5.78. The topological polar surface area (TPSA) is 42.6 Å². The molecule has 3 heteroatoms. The minimum absolute atomic E-state index is 0.370. The van der Waals surface area contributed by atoms with Crippen LogP contribution in [0.2, 0.25) is 0 Å². The molecule has 0 aliphatic heterocycles. The number of carbonyl (C=O) groups excluding carboxylic acids is 1. The lowest BCUT2D eigenvalue weighted by Gasteiger charge is -2.33. The molecule has 0 unspecified atom stereocenters. The minimum Gasteiger partial charge on any atom is -0.442 e. The summed E-state index contributed by atoms with van der Waals surface area (Å²) in [5.74, 6) is 1.82. The second kappa shape index (κ2) is 4.26. The van der Waals surface area contributed by atoms with Crippen LogP contribution in [0.15, 0.2) is 21.5 Å². The van der Waals surface area contributed by atoms with Gasteiger partial charge < -0.3 is 4.42 Å². The molecule has 16 heavy (non-hydrogen) atoms. The smallest absolute Gasteiger partial charge is 0.243 e. The van der Waals surface area contributed by atoms with Crippen LogP contribution in [0.5, 0.6) is 0 Å². The molecule has 1 aromatic heterocycles. The lowest BCUT2D eigenvalue weighted by Crippen LogP contribution is -2.19. The Kier molecular flexibility index (Phi) is 2.97. The fraction of sp³-hybridized carbons (Fsp3) is 0.615. The summed E-state index contributed by atoms with van der Waals surface area (Å²) in [6.45, 7) is 4.63. The van der Waals surface area contributed by atoms with Crippen molar-refractivity contribution in [3.05, 3.63) is 17.9 Å². The zero-order chi connectivity index (χ0) is 11.6. The molecule has 0 aromatic carbocycles. The molecule has 0 spiro atoms. The summed E-state index contributed by atoms with van der Waals surface area (Å²) < 4.78 is 5.50. The van der Waals surface area contributed by atoms with Crippen LogP contribution >= 0.6 is 0 Å². The van der Waals surface area contributed by atoms with E-state index in [1.54, 1.807) is 6.07 Å². The third kappa shape index (κ3) is 2.42. The van der Waals surface area contributed by atoms with E-state index in [2.05, 4.69) is 18.8 Å². The number of hydrogen-bond donors (Lipinski definition) is 0. The Balaban J connectivity index is 2.05. The predicted octanol–water partition coefficient (Wildman–Crippen LogP) is 3.93. The number of aliphatic imine (C=N–C) groups is 1. The normalized spacial score (nSPS) is 20.4. The van der Waals surface area contributed by atoms with Crippen LogP contribution in [0.4, 0.5) is 5.88 Å². The molecular weight excluding hydrogens is 202 g/mol. The minimum atomic E-state index is 0.370. The fourth-order valence-electron chi connectivity index (χ4n) is 2.35.